The molecule has 0 bridgehead atoms. The Morgan fingerprint density at radius 2 is 1.78 bits per heavy atom. The monoisotopic (exact) mass is 312 g/mol. The number of hydrogen-bond donors (Lipinski definition) is 2. The summed E-state index contributed by atoms with van der Waals surface area (Å²) < 4.78 is 0. The molecule has 5 nitrogen and oxygen atoms in total. The van der Waals surface area contributed by atoms with E-state index >= 15 is 0 Å². The van der Waals surface area contributed by atoms with Crippen LogP contribution in [0.5, 0.6) is 0 Å². The fourth-order valence-electron chi connectivity index (χ4n) is 3.07. The first-order chi connectivity index (χ1) is 11.1. The van der Waals surface area contributed by atoms with Crippen molar-refractivity contribution in [2.75, 3.05) is 38.0 Å². The Kier molecular flexibility index (Phi) is 4.57. The fraction of sp³-hybridized carbons (Fsp3) is 0.333. The molecule has 2 amide bonds. The number of amides is 2. The molecular weight excluding hydrogens is 290 g/mol. The third-order valence-electron chi connectivity index (χ3n) is 4.39. The predicted molar refractivity (Wildman–Crippen MR) is 90.4 cm³/mol. The summed E-state index contributed by atoms with van der Waals surface area (Å²) in [7, 11) is 0. The first-order valence-electron chi connectivity index (χ1n) is 8.00. The molecule has 120 valence electrons. The highest BCUT2D eigenvalue weighted by atomic mass is 16.2. The SMILES string of the molecule is CC(=O)N1CC[NH+](CC(=O)Nc2cccc3ccccc23)CC1. The number of carbonyl (C=O) groups is 2. The molecule has 23 heavy (non-hydrogen) atoms. The minimum absolute atomic E-state index is 0.0210. The van der Waals surface area contributed by atoms with Crippen molar-refractivity contribution in [1.29, 1.82) is 0 Å². The molecule has 0 atom stereocenters. The van der Waals surface area contributed by atoms with E-state index < -0.39 is 0 Å². The molecule has 5 heteroatoms. The highest BCUT2D eigenvalue weighted by Gasteiger charge is 2.23. The van der Waals surface area contributed by atoms with Crippen LogP contribution in [0.3, 0.4) is 0 Å². The van der Waals surface area contributed by atoms with Crippen LogP contribution >= 0.6 is 0 Å². The molecule has 0 unspecified atom stereocenters. The van der Waals surface area contributed by atoms with Crippen LogP contribution in [0.2, 0.25) is 0 Å². The number of carbonyl (C=O) groups excluding carboxylic acids is 2. The summed E-state index contributed by atoms with van der Waals surface area (Å²) in [6.07, 6.45) is 0. The van der Waals surface area contributed by atoms with Gasteiger partial charge in [0.2, 0.25) is 5.91 Å². The third-order valence-corrected chi connectivity index (χ3v) is 4.39. The van der Waals surface area contributed by atoms with Gasteiger partial charge in [0.15, 0.2) is 6.54 Å². The highest BCUT2D eigenvalue weighted by molar-refractivity contribution is 6.02. The van der Waals surface area contributed by atoms with Gasteiger partial charge in [-0.05, 0) is 11.5 Å². The van der Waals surface area contributed by atoms with Crippen LogP contribution in [0, 0.1) is 0 Å². The predicted octanol–water partition coefficient (Wildman–Crippen LogP) is 0.525. The maximum Gasteiger partial charge on any atom is 0.279 e. The first-order valence-corrected chi connectivity index (χ1v) is 8.00. The third kappa shape index (κ3) is 3.68. The molecule has 2 aromatic rings. The number of benzene rings is 2. The quantitative estimate of drug-likeness (QED) is 0.868. The summed E-state index contributed by atoms with van der Waals surface area (Å²) in [5, 5.41) is 5.20. The normalized spacial score (nSPS) is 15.6. The van der Waals surface area contributed by atoms with E-state index in [2.05, 4.69) is 5.32 Å². The molecule has 3 rings (SSSR count). The minimum atomic E-state index is 0.0210. The Hall–Kier alpha value is -2.40. The van der Waals surface area contributed by atoms with Gasteiger partial charge in [-0.2, -0.15) is 0 Å². The van der Waals surface area contributed by atoms with E-state index in [9.17, 15) is 9.59 Å². The molecule has 1 heterocycles. The summed E-state index contributed by atoms with van der Waals surface area (Å²) in [6, 6.07) is 14.0. The second kappa shape index (κ2) is 6.79. The fourth-order valence-corrected chi connectivity index (χ4v) is 3.07. The van der Waals surface area contributed by atoms with Gasteiger partial charge in [0.25, 0.3) is 5.91 Å². The van der Waals surface area contributed by atoms with Crippen LogP contribution in [0.25, 0.3) is 10.8 Å². The van der Waals surface area contributed by atoms with Gasteiger partial charge in [-0.1, -0.05) is 36.4 Å². The van der Waals surface area contributed by atoms with Gasteiger partial charge in [-0.3, -0.25) is 9.59 Å². The van der Waals surface area contributed by atoms with Crippen molar-refractivity contribution in [3.05, 3.63) is 42.5 Å². The van der Waals surface area contributed by atoms with Gasteiger partial charge in [-0.15, -0.1) is 0 Å². The van der Waals surface area contributed by atoms with Gasteiger partial charge in [0, 0.05) is 18.0 Å². The van der Waals surface area contributed by atoms with Crippen LogP contribution in [0.4, 0.5) is 5.69 Å². The lowest BCUT2D eigenvalue weighted by Crippen LogP contribution is -3.15. The number of piperazine rings is 1. The number of hydrogen-bond acceptors (Lipinski definition) is 2. The van der Waals surface area contributed by atoms with Crippen molar-refractivity contribution in [3.8, 4) is 0 Å². The maximum atomic E-state index is 12.3. The molecule has 1 aliphatic heterocycles. The van der Waals surface area contributed by atoms with E-state index in [1.807, 2.05) is 47.4 Å². The maximum absolute atomic E-state index is 12.3. The average Bonchev–Trinajstić information content (AvgIpc) is 2.55. The van der Waals surface area contributed by atoms with Gasteiger partial charge in [0.05, 0.1) is 26.2 Å². The van der Waals surface area contributed by atoms with Crippen LogP contribution in [0.1, 0.15) is 6.92 Å². The van der Waals surface area contributed by atoms with E-state index in [4.69, 9.17) is 0 Å². The molecule has 2 aromatic carbocycles. The summed E-state index contributed by atoms with van der Waals surface area (Å²) in [5.74, 6) is 0.136. The molecule has 0 radical (unpaired) electrons. The summed E-state index contributed by atoms with van der Waals surface area (Å²) in [4.78, 5) is 26.7. The molecule has 0 aliphatic carbocycles. The van der Waals surface area contributed by atoms with Crippen molar-refractivity contribution in [3.63, 3.8) is 0 Å². The summed E-state index contributed by atoms with van der Waals surface area (Å²) in [5.41, 5.74) is 0.856. The molecular formula is C18H22N3O2+. The van der Waals surface area contributed by atoms with E-state index in [0.717, 1.165) is 42.6 Å². The average molecular weight is 312 g/mol. The molecule has 1 saturated heterocycles. The number of anilines is 1. The lowest BCUT2D eigenvalue weighted by molar-refractivity contribution is -0.895. The second-order valence-corrected chi connectivity index (χ2v) is 6.01. The van der Waals surface area contributed by atoms with Crippen molar-refractivity contribution in [2.24, 2.45) is 0 Å². The minimum Gasteiger partial charge on any atom is -0.332 e. The zero-order valence-electron chi connectivity index (χ0n) is 13.3. The second-order valence-electron chi connectivity index (χ2n) is 6.01. The van der Waals surface area contributed by atoms with E-state index in [1.165, 1.54) is 4.90 Å². The summed E-state index contributed by atoms with van der Waals surface area (Å²) >= 11 is 0. The Morgan fingerprint density at radius 3 is 2.52 bits per heavy atom. The lowest BCUT2D eigenvalue weighted by atomic mass is 10.1. The smallest absolute Gasteiger partial charge is 0.279 e. The summed E-state index contributed by atoms with van der Waals surface area (Å²) in [6.45, 7) is 5.14. The topological polar surface area (TPSA) is 53.9 Å². The highest BCUT2D eigenvalue weighted by Crippen LogP contribution is 2.22. The Balaban J connectivity index is 1.60. The molecule has 2 N–H and O–H groups in total. The van der Waals surface area contributed by atoms with Crippen molar-refractivity contribution >= 4 is 28.3 Å². The van der Waals surface area contributed by atoms with E-state index in [0.29, 0.717) is 6.54 Å². The molecule has 0 spiro atoms. The molecule has 1 fully saturated rings. The Morgan fingerprint density at radius 1 is 1.09 bits per heavy atom. The van der Waals surface area contributed by atoms with Crippen molar-refractivity contribution < 1.29 is 14.5 Å². The zero-order valence-corrected chi connectivity index (χ0v) is 13.3. The van der Waals surface area contributed by atoms with Gasteiger partial charge in [0.1, 0.15) is 0 Å². The standard InChI is InChI=1S/C18H21N3O2/c1-14(22)21-11-9-20(10-12-21)13-18(23)19-17-8-4-6-15-5-2-3-7-16(15)17/h2-8H,9-13H2,1H3,(H,19,23)/p+1. The van der Waals surface area contributed by atoms with Crippen molar-refractivity contribution in [1.82, 2.24) is 4.90 Å². The number of fused-ring (bicyclic) bond motifs is 1. The van der Waals surface area contributed by atoms with Crippen LogP contribution < -0.4 is 10.2 Å². The molecule has 0 saturated carbocycles. The van der Waals surface area contributed by atoms with E-state index in [-0.39, 0.29) is 11.8 Å². The first kappa shape index (κ1) is 15.5. The number of nitrogens with zero attached hydrogens (tertiary/aromatic N) is 1. The van der Waals surface area contributed by atoms with Crippen LogP contribution in [-0.4, -0.2) is 49.4 Å². The van der Waals surface area contributed by atoms with Gasteiger partial charge >= 0.3 is 0 Å². The molecule has 0 aromatic heterocycles. The van der Waals surface area contributed by atoms with Crippen LogP contribution in [-0.2, 0) is 9.59 Å². The lowest BCUT2D eigenvalue weighted by Gasteiger charge is -2.31. The van der Waals surface area contributed by atoms with Crippen LogP contribution in [0.15, 0.2) is 42.5 Å². The largest absolute Gasteiger partial charge is 0.332 e. The number of quaternary nitrogens is 1. The zero-order chi connectivity index (χ0) is 16.2. The van der Waals surface area contributed by atoms with E-state index in [1.54, 1.807) is 6.92 Å². The Bertz CT molecular complexity index is 716. The number of rotatable bonds is 3. The van der Waals surface area contributed by atoms with Gasteiger partial charge < -0.3 is 15.1 Å². The van der Waals surface area contributed by atoms with Gasteiger partial charge in [-0.25, -0.2) is 0 Å². The Labute approximate surface area is 135 Å². The molecule has 1 aliphatic rings. The number of nitrogens with one attached hydrogen (secondary N) is 2. The van der Waals surface area contributed by atoms with Crippen molar-refractivity contribution in [2.45, 2.75) is 6.92 Å².